The normalized spacial score (nSPS) is 12.5. The molecule has 6 heterocycles. The number of anilines is 4. The summed E-state index contributed by atoms with van der Waals surface area (Å²) >= 11 is 3.57. The molecule has 19 nitrogen and oxygen atoms in total. The number of nitrogens with zero attached hydrogens (tertiary/aromatic N) is 5. The molecule has 428 valence electrons. The van der Waals surface area contributed by atoms with Crippen LogP contribution in [0.15, 0.2) is 118 Å². The van der Waals surface area contributed by atoms with E-state index in [1.807, 2.05) is 58.0 Å². The molecule has 0 bridgehead atoms. The first kappa shape index (κ1) is 63.6. The average molecular weight is 1200 g/mol. The number of carbonyl (C=O) groups excluding carboxylic acids is 7. The van der Waals surface area contributed by atoms with Gasteiger partial charge in [0, 0.05) is 53.1 Å². The molecule has 0 aliphatic carbocycles. The highest BCUT2D eigenvalue weighted by atomic mass is 35.5. The SMILES string of the molecule is COC(=O)c1cc2c(s1)N=CC(=O)C2.Cc1ccc(NC(=O)c2cccc(C(C)(C)C#N)c2)cc1N.Cc1ccc(NC(=O)c2cccc(C(C)(C)C#N)c2)cc1NC(=O)c1cc2c(s1)N=CC(=O)C2.Cl.O=C1C=Nc2sc(C(=O)O)cc2C1. The fraction of sp³-hybridized carbons (Fsp3) is 0.197. The van der Waals surface area contributed by atoms with Crippen molar-refractivity contribution >= 4 is 150 Å². The molecule has 23 heteroatoms. The van der Waals surface area contributed by atoms with Gasteiger partial charge in [-0.05, 0) is 147 Å². The number of esters is 1. The number of thiophene rings is 3. The number of aliphatic imine (C=N–C) groups is 3. The van der Waals surface area contributed by atoms with Gasteiger partial charge in [-0.3, -0.25) is 28.8 Å². The highest BCUT2D eigenvalue weighted by molar-refractivity contribution is 7.18. The topological polar surface area (TPSA) is 313 Å². The molecule has 0 saturated carbocycles. The second kappa shape index (κ2) is 27.5. The zero-order valence-electron chi connectivity index (χ0n) is 46.2. The number of methoxy groups -OCH3 is 1. The molecule has 0 fully saturated rings. The number of fused-ring (bicyclic) bond motifs is 3. The quantitative estimate of drug-likeness (QED) is 0.0629. The van der Waals surface area contributed by atoms with Gasteiger partial charge in [0.05, 0.1) is 53.6 Å². The van der Waals surface area contributed by atoms with Gasteiger partial charge in [-0.15, -0.1) is 46.4 Å². The monoisotopic (exact) mass is 1200 g/mol. The van der Waals surface area contributed by atoms with Crippen LogP contribution < -0.4 is 21.7 Å². The predicted octanol–water partition coefficient (Wildman–Crippen LogP) is 11.9. The number of nitrogen functional groups attached to an aromatic ring is 1. The Labute approximate surface area is 501 Å². The molecule has 0 atom stereocenters. The number of amides is 3. The number of carboxylic acids is 1. The zero-order valence-corrected chi connectivity index (χ0v) is 49.5. The van der Waals surface area contributed by atoms with Crippen molar-refractivity contribution in [2.75, 3.05) is 28.8 Å². The van der Waals surface area contributed by atoms with Gasteiger partial charge >= 0.3 is 11.9 Å². The molecule has 0 saturated heterocycles. The van der Waals surface area contributed by atoms with Crippen LogP contribution in [0.25, 0.3) is 0 Å². The van der Waals surface area contributed by atoms with Gasteiger partial charge in [-0.25, -0.2) is 24.6 Å². The molecular formula is C61H54ClN9O10S3. The lowest BCUT2D eigenvalue weighted by atomic mass is 9.85. The van der Waals surface area contributed by atoms with Crippen LogP contribution in [0.1, 0.15) is 116 Å². The van der Waals surface area contributed by atoms with Crippen LogP contribution in [0, 0.1) is 36.5 Å². The summed E-state index contributed by atoms with van der Waals surface area (Å²) in [5.74, 6) is -2.40. The minimum absolute atomic E-state index is 0. The first-order valence-electron chi connectivity index (χ1n) is 25.2. The van der Waals surface area contributed by atoms with Crippen molar-refractivity contribution in [3.8, 4) is 12.1 Å². The Kier molecular flexibility index (Phi) is 20.8. The lowest BCUT2D eigenvalue weighted by molar-refractivity contribution is -0.112. The van der Waals surface area contributed by atoms with Crippen LogP contribution in [0.2, 0.25) is 0 Å². The largest absolute Gasteiger partial charge is 0.477 e. The second-order valence-electron chi connectivity index (χ2n) is 19.9. The Morgan fingerprint density at radius 3 is 1.43 bits per heavy atom. The number of hydrogen-bond acceptors (Lipinski definition) is 18. The van der Waals surface area contributed by atoms with Crippen molar-refractivity contribution in [3.63, 3.8) is 0 Å². The highest BCUT2D eigenvalue weighted by Gasteiger charge is 2.25. The van der Waals surface area contributed by atoms with E-state index in [9.17, 15) is 48.9 Å². The second-order valence-corrected chi connectivity index (χ2v) is 23.0. The number of benzene rings is 4. The number of Topliss-reactive ketones (excluding diaryl/α,β-unsaturated/α-hetero) is 3. The first-order valence-corrected chi connectivity index (χ1v) is 27.7. The smallest absolute Gasteiger partial charge is 0.348 e. The van der Waals surface area contributed by atoms with Crippen LogP contribution in [-0.2, 0) is 49.2 Å². The predicted molar refractivity (Wildman–Crippen MR) is 330 cm³/mol. The number of ketones is 3. The van der Waals surface area contributed by atoms with Crippen LogP contribution in [0.4, 0.5) is 37.8 Å². The summed E-state index contributed by atoms with van der Waals surface area (Å²) in [4.78, 5) is 106. The van der Waals surface area contributed by atoms with Gasteiger partial charge < -0.3 is 31.5 Å². The lowest BCUT2D eigenvalue weighted by Gasteiger charge is -2.16. The Morgan fingerprint density at radius 2 is 0.988 bits per heavy atom. The van der Waals surface area contributed by atoms with Crippen LogP contribution in [0.3, 0.4) is 0 Å². The van der Waals surface area contributed by atoms with Gasteiger partial charge in [-0.2, -0.15) is 10.5 Å². The summed E-state index contributed by atoms with van der Waals surface area (Å²) in [5.41, 5.74) is 13.5. The number of nitrogens with two attached hydrogens (primary N) is 1. The Bertz CT molecular complexity index is 3970. The Balaban J connectivity index is 0.000000194. The molecule has 3 aliphatic heterocycles. The third kappa shape index (κ3) is 16.1. The van der Waals surface area contributed by atoms with Crippen LogP contribution in [-0.4, -0.2) is 77.9 Å². The van der Waals surface area contributed by atoms with E-state index in [4.69, 9.17) is 10.8 Å². The number of carbonyl (C=O) groups is 8. The van der Waals surface area contributed by atoms with Crippen molar-refractivity contribution in [3.05, 3.63) is 168 Å². The van der Waals surface area contributed by atoms with Crippen molar-refractivity contribution in [1.29, 1.82) is 10.5 Å². The summed E-state index contributed by atoms with van der Waals surface area (Å²) in [6, 6.07) is 34.1. The molecule has 3 aromatic heterocycles. The van der Waals surface area contributed by atoms with Crippen molar-refractivity contribution in [2.45, 2.75) is 71.6 Å². The van der Waals surface area contributed by atoms with Gasteiger partial charge in [0.25, 0.3) is 17.7 Å². The minimum Gasteiger partial charge on any atom is -0.477 e. The van der Waals surface area contributed by atoms with Crippen molar-refractivity contribution in [1.82, 2.24) is 0 Å². The summed E-state index contributed by atoms with van der Waals surface area (Å²) in [5, 5.41) is 37.8. The maximum Gasteiger partial charge on any atom is 0.348 e. The molecule has 3 aliphatic rings. The van der Waals surface area contributed by atoms with E-state index in [0.29, 0.717) is 60.1 Å². The molecular weight excluding hydrogens is 1150 g/mol. The summed E-state index contributed by atoms with van der Waals surface area (Å²) in [7, 11) is 1.33. The fourth-order valence-electron chi connectivity index (χ4n) is 7.85. The van der Waals surface area contributed by atoms with E-state index in [-0.39, 0.29) is 71.2 Å². The van der Waals surface area contributed by atoms with E-state index >= 15 is 0 Å². The number of rotatable bonds is 10. The first-order chi connectivity index (χ1) is 39.4. The maximum atomic E-state index is 12.8. The molecule has 3 amide bonds. The van der Waals surface area contributed by atoms with Gasteiger partial charge in [0.1, 0.15) is 24.8 Å². The van der Waals surface area contributed by atoms with Crippen LogP contribution >= 0.6 is 46.4 Å². The average Bonchev–Trinajstić information content (AvgIpc) is 4.40. The van der Waals surface area contributed by atoms with E-state index in [1.165, 1.54) is 54.5 Å². The summed E-state index contributed by atoms with van der Waals surface area (Å²) < 4.78 is 4.58. The molecule has 6 N–H and O–H groups in total. The summed E-state index contributed by atoms with van der Waals surface area (Å²) in [6.07, 6.45) is 4.66. The van der Waals surface area contributed by atoms with E-state index < -0.39 is 16.8 Å². The molecule has 4 aromatic carbocycles. The molecule has 10 rings (SSSR count). The lowest BCUT2D eigenvalue weighted by Crippen LogP contribution is -2.17. The highest BCUT2D eigenvalue weighted by Crippen LogP contribution is 2.36. The minimum atomic E-state index is -0.970. The standard InChI is InChI=1S/C26H22N4O3S.C18H19N3O.C9H7NO3S.C8H5NO3S.ClH/c1-15-7-8-19(29-23(32)16-5-4-6-18(9-16)26(2,3)14-27)12-21(15)30-24(33)22-11-17-10-20(31)13-28-25(17)34-22;1-12-7-8-15(10-16(12)20)21-17(22)13-5-4-6-14(9-13)18(2,3)11-19;1-13-9(12)7-3-5-2-6(11)4-10-8(5)14-7;10-5-1-4-2-6(8(11)12)13-7(4)9-3-5;/h4-9,11-13H,10H2,1-3H3,(H,29,32)(H,30,33);4-10H,20H2,1-3H3,(H,21,22);3-4H,2H2,1H3;2-3H,1H2,(H,11,12);1H. The number of ether oxygens (including phenoxy) is 1. The van der Waals surface area contributed by atoms with Gasteiger partial charge in [0.2, 0.25) is 0 Å². The van der Waals surface area contributed by atoms with Gasteiger partial charge in [0.15, 0.2) is 17.3 Å². The number of carboxylic acid groups (broad SMARTS) is 1. The van der Waals surface area contributed by atoms with Crippen LogP contribution in [0.5, 0.6) is 0 Å². The maximum absolute atomic E-state index is 12.8. The van der Waals surface area contributed by atoms with E-state index in [2.05, 4.69) is 47.8 Å². The Morgan fingerprint density at radius 1 is 0.571 bits per heavy atom. The number of halogens is 1. The molecule has 0 spiro atoms. The van der Waals surface area contributed by atoms with Gasteiger partial charge in [-0.1, -0.05) is 36.4 Å². The fourth-order valence-corrected chi connectivity index (χ4v) is 10.6. The number of hydrogen-bond donors (Lipinski definition) is 5. The number of nitrogens with one attached hydrogen (secondary N) is 3. The van der Waals surface area contributed by atoms with Crippen molar-refractivity contribution < 1.29 is 48.2 Å². The Hall–Kier alpha value is -9.58. The zero-order chi connectivity index (χ0) is 60.3. The number of nitriles is 2. The van der Waals surface area contributed by atoms with E-state index in [0.717, 1.165) is 55.3 Å². The molecule has 0 radical (unpaired) electrons. The molecule has 0 unspecified atom stereocenters. The number of aryl methyl sites for hydroxylation is 2. The van der Waals surface area contributed by atoms with Crippen molar-refractivity contribution in [2.24, 2.45) is 15.0 Å². The van der Waals surface area contributed by atoms with E-state index in [1.54, 1.807) is 80.6 Å². The molecule has 7 aromatic rings. The third-order valence-corrected chi connectivity index (χ3v) is 16.0. The third-order valence-electron chi connectivity index (χ3n) is 12.8. The number of aromatic carboxylic acids is 1. The summed E-state index contributed by atoms with van der Waals surface area (Å²) in [6.45, 7) is 11.0. The molecule has 84 heavy (non-hydrogen) atoms.